The molecule has 2 atom stereocenters. The average Bonchev–Trinajstić information content (AvgIpc) is 2.34. The molecule has 0 unspecified atom stereocenters. The van der Waals surface area contributed by atoms with Gasteiger partial charge in [-0.25, -0.2) is 0 Å². The summed E-state index contributed by atoms with van der Waals surface area (Å²) in [4.78, 5) is 11.6. The van der Waals surface area contributed by atoms with E-state index in [0.29, 0.717) is 19.4 Å². The van der Waals surface area contributed by atoms with E-state index in [1.807, 2.05) is 7.05 Å². The number of aliphatic hydroxyl groups excluding tert-OH is 1. The lowest BCUT2D eigenvalue weighted by atomic mass is 10.1. The summed E-state index contributed by atoms with van der Waals surface area (Å²) in [6.45, 7) is 1.47. The first kappa shape index (κ1) is 16.3. The highest BCUT2D eigenvalue weighted by atomic mass is 16.3. The third-order valence-electron chi connectivity index (χ3n) is 2.70. The summed E-state index contributed by atoms with van der Waals surface area (Å²) in [5, 5.41) is 17.7. The molecule has 0 saturated carbocycles. The van der Waals surface area contributed by atoms with E-state index >= 15 is 0 Å². The van der Waals surface area contributed by atoms with Gasteiger partial charge in [0.15, 0.2) is 0 Å². The number of aliphatic hydroxyl groups is 1. The van der Waals surface area contributed by atoms with Gasteiger partial charge in [-0.15, -0.1) is 0 Å². The Kier molecular flexibility index (Phi) is 10.0. The van der Waals surface area contributed by atoms with Crippen molar-refractivity contribution in [2.45, 2.75) is 31.3 Å². The maximum Gasteiger partial charge on any atom is 0.236 e. The van der Waals surface area contributed by atoms with Crippen LogP contribution in [0.5, 0.6) is 0 Å². The second-order valence-corrected chi connectivity index (χ2v) is 4.10. The second-order valence-electron chi connectivity index (χ2n) is 4.10. The molecule has 17 heavy (non-hydrogen) atoms. The number of likely N-dealkylation sites (N-methyl/N-ethyl adjacent to an activating group) is 1. The normalized spacial score (nSPS) is 14.4. The lowest BCUT2D eigenvalue weighted by Gasteiger charge is -2.15. The van der Waals surface area contributed by atoms with Gasteiger partial charge in [-0.1, -0.05) is 0 Å². The van der Waals surface area contributed by atoms with Crippen LogP contribution in [0, 0.1) is 0 Å². The Morgan fingerprint density at radius 1 is 1.29 bits per heavy atom. The van der Waals surface area contributed by atoms with Crippen molar-refractivity contribution in [3.63, 3.8) is 0 Å². The van der Waals surface area contributed by atoms with Gasteiger partial charge in [0.05, 0.1) is 12.6 Å². The lowest BCUT2D eigenvalue weighted by Crippen LogP contribution is -2.43. The van der Waals surface area contributed by atoms with E-state index in [4.69, 9.17) is 10.8 Å². The van der Waals surface area contributed by atoms with Crippen LogP contribution in [0.3, 0.4) is 0 Å². The largest absolute Gasteiger partial charge is 0.395 e. The third-order valence-corrected chi connectivity index (χ3v) is 2.70. The van der Waals surface area contributed by atoms with E-state index in [-0.39, 0.29) is 18.6 Å². The van der Waals surface area contributed by atoms with Crippen LogP contribution in [0.15, 0.2) is 0 Å². The molecule has 0 aromatic carbocycles. The van der Waals surface area contributed by atoms with Gasteiger partial charge >= 0.3 is 0 Å². The molecule has 6 N–H and O–H groups in total. The maximum absolute atomic E-state index is 11.6. The summed E-state index contributed by atoms with van der Waals surface area (Å²) < 4.78 is 0. The zero-order valence-electron chi connectivity index (χ0n) is 10.8. The molecule has 0 spiro atoms. The zero-order valence-corrected chi connectivity index (χ0v) is 10.8. The highest BCUT2D eigenvalue weighted by molar-refractivity contribution is 5.81. The average molecular weight is 246 g/mol. The van der Waals surface area contributed by atoms with Gasteiger partial charge in [0.25, 0.3) is 0 Å². The van der Waals surface area contributed by atoms with Gasteiger partial charge < -0.3 is 26.8 Å². The number of hydrogen-bond donors (Lipinski definition) is 5. The number of hydrogen-bond acceptors (Lipinski definition) is 5. The maximum atomic E-state index is 11.6. The third kappa shape index (κ3) is 8.09. The molecule has 0 aliphatic carbocycles. The predicted octanol–water partition coefficient (Wildman–Crippen LogP) is -1.60. The number of carbonyl (C=O) groups excluding carboxylic acids is 1. The molecule has 0 bridgehead atoms. The second kappa shape index (κ2) is 10.5. The molecule has 6 heteroatoms. The Balaban J connectivity index is 3.63. The van der Waals surface area contributed by atoms with Gasteiger partial charge in [0.1, 0.15) is 0 Å². The molecule has 0 heterocycles. The fourth-order valence-electron chi connectivity index (χ4n) is 1.46. The Labute approximate surface area is 103 Å². The summed E-state index contributed by atoms with van der Waals surface area (Å²) in [6, 6.07) is -0.415. The Morgan fingerprint density at radius 2 is 2.00 bits per heavy atom. The molecule has 1 amide bonds. The monoisotopic (exact) mass is 246 g/mol. The minimum atomic E-state index is -0.439. The molecule has 0 fully saturated rings. The van der Waals surface area contributed by atoms with Crippen LogP contribution in [0.4, 0.5) is 0 Å². The molecule has 102 valence electrons. The molecule has 0 aromatic rings. The van der Waals surface area contributed by atoms with E-state index in [1.165, 1.54) is 0 Å². The van der Waals surface area contributed by atoms with E-state index in [1.54, 1.807) is 7.05 Å². The molecule has 0 radical (unpaired) electrons. The molecule has 0 saturated heterocycles. The predicted molar refractivity (Wildman–Crippen MR) is 68.7 cm³/mol. The lowest BCUT2D eigenvalue weighted by molar-refractivity contribution is -0.122. The minimum absolute atomic E-state index is 0.0239. The van der Waals surface area contributed by atoms with Crippen molar-refractivity contribution in [3.8, 4) is 0 Å². The van der Waals surface area contributed by atoms with Crippen LogP contribution in [-0.4, -0.2) is 56.9 Å². The molecule has 0 aliphatic rings. The fourth-order valence-corrected chi connectivity index (χ4v) is 1.46. The van der Waals surface area contributed by atoms with Crippen molar-refractivity contribution in [1.29, 1.82) is 0 Å². The first-order valence-electron chi connectivity index (χ1n) is 6.11. The standard InChI is InChI=1S/C11H26N4O2/c1-13-6-3-4-10(12)11(17)15-7-5-9(8-16)14-2/h9-10,13-14,16H,3-8,12H2,1-2H3,(H,15,17)/t9-,10-/m0/s1. The van der Waals surface area contributed by atoms with Gasteiger partial charge in [-0.05, 0) is 39.9 Å². The highest BCUT2D eigenvalue weighted by Gasteiger charge is 2.12. The van der Waals surface area contributed by atoms with Crippen molar-refractivity contribution >= 4 is 5.91 Å². The Bertz CT molecular complexity index is 198. The van der Waals surface area contributed by atoms with Gasteiger partial charge in [0.2, 0.25) is 5.91 Å². The van der Waals surface area contributed by atoms with Crippen LogP contribution in [0.25, 0.3) is 0 Å². The quantitative estimate of drug-likeness (QED) is 0.299. The summed E-state index contributed by atoms with van der Waals surface area (Å²) in [5.41, 5.74) is 5.74. The van der Waals surface area contributed by atoms with E-state index in [2.05, 4.69) is 16.0 Å². The van der Waals surface area contributed by atoms with Crippen LogP contribution < -0.4 is 21.7 Å². The number of carbonyl (C=O) groups is 1. The molecule has 6 nitrogen and oxygen atoms in total. The van der Waals surface area contributed by atoms with Crippen molar-refractivity contribution in [2.24, 2.45) is 5.73 Å². The minimum Gasteiger partial charge on any atom is -0.395 e. The fraction of sp³-hybridized carbons (Fsp3) is 0.909. The topological polar surface area (TPSA) is 99.4 Å². The summed E-state index contributed by atoms with van der Waals surface area (Å²) in [5.74, 6) is -0.117. The van der Waals surface area contributed by atoms with E-state index in [0.717, 1.165) is 13.0 Å². The Morgan fingerprint density at radius 3 is 2.53 bits per heavy atom. The van der Waals surface area contributed by atoms with Crippen molar-refractivity contribution < 1.29 is 9.90 Å². The number of amides is 1. The van der Waals surface area contributed by atoms with Crippen LogP contribution in [0.1, 0.15) is 19.3 Å². The van der Waals surface area contributed by atoms with Crippen molar-refractivity contribution in [2.75, 3.05) is 33.8 Å². The first-order chi connectivity index (χ1) is 8.15. The zero-order chi connectivity index (χ0) is 13.1. The first-order valence-corrected chi connectivity index (χ1v) is 6.11. The molecule has 0 rings (SSSR count). The molecule has 0 aliphatic heterocycles. The summed E-state index contributed by atoms with van der Waals surface area (Å²) >= 11 is 0. The number of nitrogens with two attached hydrogens (primary N) is 1. The van der Waals surface area contributed by atoms with E-state index < -0.39 is 6.04 Å². The summed E-state index contributed by atoms with van der Waals surface area (Å²) in [6.07, 6.45) is 2.27. The number of nitrogens with one attached hydrogen (secondary N) is 3. The summed E-state index contributed by atoms with van der Waals surface area (Å²) in [7, 11) is 3.66. The van der Waals surface area contributed by atoms with Gasteiger partial charge in [-0.2, -0.15) is 0 Å². The number of rotatable bonds is 10. The van der Waals surface area contributed by atoms with Gasteiger partial charge in [0, 0.05) is 12.6 Å². The van der Waals surface area contributed by atoms with Crippen LogP contribution in [-0.2, 0) is 4.79 Å². The van der Waals surface area contributed by atoms with Crippen molar-refractivity contribution in [1.82, 2.24) is 16.0 Å². The SMILES string of the molecule is CNCCC[C@H](N)C(=O)NCC[C@@H](CO)NC. The van der Waals surface area contributed by atoms with Crippen LogP contribution >= 0.6 is 0 Å². The highest BCUT2D eigenvalue weighted by Crippen LogP contribution is 1.94. The smallest absolute Gasteiger partial charge is 0.236 e. The van der Waals surface area contributed by atoms with Crippen LogP contribution in [0.2, 0.25) is 0 Å². The molecular weight excluding hydrogens is 220 g/mol. The molecular formula is C11H26N4O2. The van der Waals surface area contributed by atoms with E-state index in [9.17, 15) is 4.79 Å². The Hall–Kier alpha value is -0.690. The molecule has 0 aromatic heterocycles. The van der Waals surface area contributed by atoms with Crippen molar-refractivity contribution in [3.05, 3.63) is 0 Å². The van der Waals surface area contributed by atoms with Gasteiger partial charge in [-0.3, -0.25) is 4.79 Å².